The molecular weight excluding hydrogens is 455 g/mol. The molecule has 1 amide bonds. The van der Waals surface area contributed by atoms with Gasteiger partial charge in [0.15, 0.2) is 0 Å². The summed E-state index contributed by atoms with van der Waals surface area (Å²) >= 11 is 0. The first kappa shape index (κ1) is 24.7. The number of fused-ring (bicyclic) bond motifs is 1. The van der Waals surface area contributed by atoms with Gasteiger partial charge in [-0.05, 0) is 18.2 Å². The van der Waals surface area contributed by atoms with Crippen LogP contribution in [0.4, 0.5) is 22.0 Å². The summed E-state index contributed by atoms with van der Waals surface area (Å²) < 4.78 is 65.7. The van der Waals surface area contributed by atoms with Crippen LogP contribution in [0.1, 0.15) is 36.8 Å². The minimum Gasteiger partial charge on any atom is -0.475 e. The monoisotopic (exact) mass is 478 g/mol. The molecule has 0 radical (unpaired) electrons. The fourth-order valence-corrected chi connectivity index (χ4v) is 3.77. The highest BCUT2D eigenvalue weighted by molar-refractivity contribution is 5.76. The van der Waals surface area contributed by atoms with Crippen LogP contribution in [0.5, 0.6) is 0 Å². The number of carbonyl (C=O) groups excluding carboxylic acids is 1. The summed E-state index contributed by atoms with van der Waals surface area (Å²) in [7, 11) is 0. The minimum absolute atomic E-state index is 0.0770. The van der Waals surface area contributed by atoms with Crippen LogP contribution >= 0.6 is 0 Å². The lowest BCUT2D eigenvalue weighted by Gasteiger charge is -2.36. The predicted octanol–water partition coefficient (Wildman–Crippen LogP) is 3.31. The van der Waals surface area contributed by atoms with Crippen LogP contribution in [-0.2, 0) is 22.7 Å². The number of aromatic nitrogens is 2. The zero-order valence-corrected chi connectivity index (χ0v) is 17.5. The summed E-state index contributed by atoms with van der Waals surface area (Å²) in [5, 5.41) is 11.5. The van der Waals surface area contributed by atoms with Crippen molar-refractivity contribution in [1.29, 1.82) is 0 Å². The molecule has 1 unspecified atom stereocenters. The Morgan fingerprint density at radius 1 is 1.21 bits per heavy atom. The summed E-state index contributed by atoms with van der Waals surface area (Å²) in [5.41, 5.74) is 1.05. The van der Waals surface area contributed by atoms with Crippen LogP contribution in [0, 0.1) is 0 Å². The number of alkyl halides is 5. The highest BCUT2D eigenvalue weighted by atomic mass is 19.4. The molecule has 4 heterocycles. The Morgan fingerprint density at radius 3 is 2.45 bits per heavy atom. The van der Waals surface area contributed by atoms with Gasteiger partial charge in [-0.25, -0.2) is 13.6 Å². The molecule has 0 aliphatic carbocycles. The fraction of sp³-hybridized carbons (Fsp3) is 0.550. The Morgan fingerprint density at radius 2 is 1.88 bits per heavy atom. The standard InChI is InChI=1S/C18H22F2N4O2.C2HF3O2/c19-18(20)4-7-23(8-5-18)17(25)10-15-12-22(13-16-2-1-9-26-16)11-14-3-6-21-24(14)15;3-2(4,5)1(6)7/h1-3,6,9,15H,4-5,7-8,10-13H2;(H,6,7). The molecule has 1 N–H and O–H groups in total. The Kier molecular flexibility index (Phi) is 7.40. The van der Waals surface area contributed by atoms with Gasteiger partial charge in [0.05, 0.1) is 31.0 Å². The van der Waals surface area contributed by atoms with E-state index in [1.807, 2.05) is 22.9 Å². The van der Waals surface area contributed by atoms with Crippen molar-refractivity contribution in [2.24, 2.45) is 0 Å². The molecule has 0 aromatic carbocycles. The second-order valence-corrected chi connectivity index (χ2v) is 7.91. The number of hydrogen-bond acceptors (Lipinski definition) is 5. The molecule has 0 saturated carbocycles. The molecule has 1 atom stereocenters. The molecule has 2 aromatic heterocycles. The molecule has 2 aliphatic rings. The van der Waals surface area contributed by atoms with Crippen molar-refractivity contribution in [2.75, 3.05) is 19.6 Å². The number of halogens is 5. The first-order valence-corrected chi connectivity index (χ1v) is 10.2. The van der Waals surface area contributed by atoms with Crippen molar-refractivity contribution in [1.82, 2.24) is 19.6 Å². The number of aliphatic carboxylic acids is 1. The molecule has 33 heavy (non-hydrogen) atoms. The number of carboxylic acids is 1. The third kappa shape index (κ3) is 6.76. The van der Waals surface area contributed by atoms with Crippen molar-refractivity contribution >= 4 is 11.9 Å². The molecule has 2 aliphatic heterocycles. The zero-order valence-electron chi connectivity index (χ0n) is 17.5. The van der Waals surface area contributed by atoms with E-state index in [1.54, 1.807) is 17.4 Å². The number of hydrogen-bond donors (Lipinski definition) is 1. The van der Waals surface area contributed by atoms with Gasteiger partial charge >= 0.3 is 12.1 Å². The maximum absolute atomic E-state index is 13.3. The van der Waals surface area contributed by atoms with Crippen LogP contribution in [0.2, 0.25) is 0 Å². The van der Waals surface area contributed by atoms with Crippen molar-refractivity contribution in [3.05, 3.63) is 42.1 Å². The Hall–Kier alpha value is -2.96. The number of amides is 1. The number of rotatable bonds is 4. The van der Waals surface area contributed by atoms with Crippen molar-refractivity contribution in [2.45, 2.75) is 50.5 Å². The molecule has 1 saturated heterocycles. The topological polar surface area (TPSA) is 91.8 Å². The quantitative estimate of drug-likeness (QED) is 0.678. The number of likely N-dealkylation sites (tertiary alicyclic amines) is 1. The van der Waals surface area contributed by atoms with E-state index < -0.39 is 18.1 Å². The highest BCUT2D eigenvalue weighted by Crippen LogP contribution is 2.30. The number of carbonyl (C=O) groups is 2. The van der Waals surface area contributed by atoms with E-state index in [2.05, 4.69) is 10.00 Å². The lowest BCUT2D eigenvalue weighted by atomic mass is 10.0. The van der Waals surface area contributed by atoms with Crippen LogP contribution in [0.3, 0.4) is 0 Å². The predicted molar refractivity (Wildman–Crippen MR) is 103 cm³/mol. The lowest BCUT2D eigenvalue weighted by Crippen LogP contribution is -2.45. The highest BCUT2D eigenvalue weighted by Gasteiger charge is 2.38. The van der Waals surface area contributed by atoms with Crippen LogP contribution in [0.15, 0.2) is 35.1 Å². The zero-order chi connectivity index (χ0) is 24.2. The second kappa shape index (κ2) is 9.89. The average Bonchev–Trinajstić information content (AvgIpc) is 3.39. The summed E-state index contributed by atoms with van der Waals surface area (Å²) in [6.07, 6.45) is -1.92. The Balaban J connectivity index is 0.000000383. The molecule has 2 aromatic rings. The molecule has 8 nitrogen and oxygen atoms in total. The molecule has 1 fully saturated rings. The van der Waals surface area contributed by atoms with E-state index in [9.17, 15) is 26.7 Å². The Bertz CT molecular complexity index is 935. The summed E-state index contributed by atoms with van der Waals surface area (Å²) in [6.45, 7) is 2.33. The summed E-state index contributed by atoms with van der Waals surface area (Å²) in [4.78, 5) is 25.3. The number of furan rings is 1. The molecule has 0 bridgehead atoms. The van der Waals surface area contributed by atoms with Crippen LogP contribution < -0.4 is 0 Å². The number of piperidine rings is 1. The molecule has 13 heteroatoms. The van der Waals surface area contributed by atoms with Crippen molar-refractivity contribution in [3.8, 4) is 0 Å². The van der Waals surface area contributed by atoms with Gasteiger partial charge in [-0.15, -0.1) is 0 Å². The van der Waals surface area contributed by atoms with Gasteiger partial charge in [0.2, 0.25) is 5.91 Å². The maximum atomic E-state index is 13.3. The van der Waals surface area contributed by atoms with E-state index in [0.29, 0.717) is 13.1 Å². The second-order valence-electron chi connectivity index (χ2n) is 7.91. The Labute approximate surface area is 185 Å². The smallest absolute Gasteiger partial charge is 0.475 e. The van der Waals surface area contributed by atoms with Gasteiger partial charge < -0.3 is 14.4 Å². The van der Waals surface area contributed by atoms with Gasteiger partial charge in [-0.2, -0.15) is 18.3 Å². The van der Waals surface area contributed by atoms with Crippen molar-refractivity contribution < 1.29 is 41.1 Å². The molecule has 0 spiro atoms. The average molecular weight is 478 g/mol. The van der Waals surface area contributed by atoms with E-state index in [-0.39, 0.29) is 44.3 Å². The minimum atomic E-state index is -5.08. The lowest BCUT2D eigenvalue weighted by molar-refractivity contribution is -0.192. The summed E-state index contributed by atoms with van der Waals surface area (Å²) in [6, 6.07) is 5.64. The first-order valence-electron chi connectivity index (χ1n) is 10.2. The van der Waals surface area contributed by atoms with E-state index >= 15 is 0 Å². The van der Waals surface area contributed by atoms with Gasteiger partial charge in [0.1, 0.15) is 5.76 Å². The molecular formula is C20H23F5N4O4. The van der Waals surface area contributed by atoms with Gasteiger partial charge in [0, 0.05) is 45.2 Å². The normalized spacial score (nSPS) is 20.5. The molecule has 182 valence electrons. The van der Waals surface area contributed by atoms with Crippen LogP contribution in [0.25, 0.3) is 0 Å². The van der Waals surface area contributed by atoms with Crippen LogP contribution in [-0.4, -0.2) is 68.3 Å². The number of nitrogens with zero attached hydrogens (tertiary/aromatic N) is 4. The first-order chi connectivity index (χ1) is 15.4. The maximum Gasteiger partial charge on any atom is 0.490 e. The third-order valence-electron chi connectivity index (χ3n) is 5.41. The largest absolute Gasteiger partial charge is 0.490 e. The van der Waals surface area contributed by atoms with Crippen molar-refractivity contribution in [3.63, 3.8) is 0 Å². The van der Waals surface area contributed by atoms with Gasteiger partial charge in [0.25, 0.3) is 5.92 Å². The van der Waals surface area contributed by atoms with Gasteiger partial charge in [-0.1, -0.05) is 0 Å². The fourth-order valence-electron chi connectivity index (χ4n) is 3.77. The third-order valence-corrected chi connectivity index (χ3v) is 5.41. The number of carboxylic acid groups (broad SMARTS) is 1. The van der Waals surface area contributed by atoms with E-state index in [4.69, 9.17) is 14.3 Å². The summed E-state index contributed by atoms with van der Waals surface area (Å²) in [5.74, 6) is -4.60. The molecule has 4 rings (SSSR count). The van der Waals surface area contributed by atoms with E-state index in [0.717, 1.165) is 18.0 Å². The van der Waals surface area contributed by atoms with Gasteiger partial charge in [-0.3, -0.25) is 14.4 Å². The van der Waals surface area contributed by atoms with E-state index in [1.165, 1.54) is 0 Å². The SMILES string of the molecule is O=C(CC1CN(Cc2ccco2)Cc2ccnn21)N1CCC(F)(F)CC1.O=C(O)C(F)(F)F.